The molecule has 0 aliphatic carbocycles. The third-order valence-corrected chi connectivity index (χ3v) is 3.38. The highest BCUT2D eigenvalue weighted by Gasteiger charge is 2.13. The monoisotopic (exact) mass is 277 g/mol. The Hall–Kier alpha value is -1.95. The van der Waals surface area contributed by atoms with E-state index < -0.39 is 0 Å². The normalized spacial score (nSPS) is 16.2. The molecule has 6 nitrogen and oxygen atoms in total. The van der Waals surface area contributed by atoms with Gasteiger partial charge < -0.3 is 26.4 Å². The highest BCUT2D eigenvalue weighted by molar-refractivity contribution is 5.64. The minimum absolute atomic E-state index is 0.438. The number of rotatable bonds is 6. The lowest BCUT2D eigenvalue weighted by Gasteiger charge is -2.25. The summed E-state index contributed by atoms with van der Waals surface area (Å²) in [6.45, 7) is 2.59. The summed E-state index contributed by atoms with van der Waals surface area (Å²) in [5.41, 5.74) is 7.21. The van der Waals surface area contributed by atoms with Gasteiger partial charge in [0.05, 0.1) is 19.1 Å². The Kier molecular flexibility index (Phi) is 5.49. The van der Waals surface area contributed by atoms with Crippen molar-refractivity contribution in [3.63, 3.8) is 0 Å². The van der Waals surface area contributed by atoms with Crippen LogP contribution in [0.2, 0.25) is 0 Å². The molecule has 1 aromatic rings. The Morgan fingerprint density at radius 3 is 2.95 bits per heavy atom. The van der Waals surface area contributed by atoms with Crippen LogP contribution in [0.4, 0.5) is 11.4 Å². The molecule has 0 atom stereocenters. The lowest BCUT2D eigenvalue weighted by molar-refractivity contribution is 0.416. The van der Waals surface area contributed by atoms with Gasteiger partial charge in [0, 0.05) is 17.8 Å². The third-order valence-electron chi connectivity index (χ3n) is 3.38. The van der Waals surface area contributed by atoms with Gasteiger partial charge in [-0.3, -0.25) is 4.99 Å². The lowest BCUT2D eigenvalue weighted by Crippen LogP contribution is -2.35. The van der Waals surface area contributed by atoms with Crippen LogP contribution >= 0.6 is 0 Å². The predicted octanol–water partition coefficient (Wildman–Crippen LogP) is 1.22. The first kappa shape index (κ1) is 14.5. The predicted molar refractivity (Wildman–Crippen MR) is 83.7 cm³/mol. The maximum atomic E-state index is 5.41. The maximum Gasteiger partial charge on any atom is 0.144 e. The van der Waals surface area contributed by atoms with Crippen LogP contribution < -0.4 is 26.4 Å². The van der Waals surface area contributed by atoms with Crippen molar-refractivity contribution in [1.82, 2.24) is 5.32 Å². The lowest BCUT2D eigenvalue weighted by atomic mass is 10.1. The van der Waals surface area contributed by atoms with Crippen molar-refractivity contribution in [3.8, 4) is 5.75 Å². The molecule has 0 unspecified atom stereocenters. The second-order valence-electron chi connectivity index (χ2n) is 4.75. The number of nitrogens with two attached hydrogens (primary N) is 1. The Balaban J connectivity index is 2.00. The van der Waals surface area contributed by atoms with E-state index >= 15 is 0 Å². The van der Waals surface area contributed by atoms with Gasteiger partial charge in [-0.1, -0.05) is 0 Å². The Bertz CT molecular complexity index is 443. The minimum Gasteiger partial charge on any atom is -0.495 e. The van der Waals surface area contributed by atoms with Gasteiger partial charge in [-0.15, -0.1) is 0 Å². The Morgan fingerprint density at radius 1 is 1.45 bits per heavy atom. The second kappa shape index (κ2) is 7.59. The molecule has 6 heteroatoms. The molecule has 0 saturated carbocycles. The molecule has 0 radical (unpaired) electrons. The van der Waals surface area contributed by atoms with Crippen LogP contribution in [0.25, 0.3) is 0 Å². The number of nitrogens with zero attached hydrogens (tertiary/aromatic N) is 1. The number of methoxy groups -OCH3 is 1. The topological polar surface area (TPSA) is 83.7 Å². The van der Waals surface area contributed by atoms with Gasteiger partial charge >= 0.3 is 0 Å². The van der Waals surface area contributed by atoms with E-state index in [1.807, 2.05) is 12.1 Å². The molecule has 0 bridgehead atoms. The molecule has 0 spiro atoms. The molecule has 1 aromatic carbocycles. The molecular formula is C14H23N5O. The standard InChI is InChI=1S/C14H23N5O/c1-20-14-8-12(19-11-4-6-16-7-5-11)2-3-13(14)18-10-17-9-15/h2-3,8-9,11,16,18-19H,4-7,10H2,1H3,(H2,15,17). The number of aliphatic imine (C=N–C) groups is 1. The van der Waals surface area contributed by atoms with Crippen LogP contribution in [0.5, 0.6) is 5.75 Å². The minimum atomic E-state index is 0.438. The molecule has 0 amide bonds. The van der Waals surface area contributed by atoms with E-state index in [9.17, 15) is 0 Å². The van der Waals surface area contributed by atoms with Crippen molar-refractivity contribution in [2.75, 3.05) is 37.5 Å². The fraction of sp³-hybridized carbons (Fsp3) is 0.500. The summed E-state index contributed by atoms with van der Waals surface area (Å²) in [5.74, 6) is 0.802. The van der Waals surface area contributed by atoms with Crippen molar-refractivity contribution < 1.29 is 4.74 Å². The van der Waals surface area contributed by atoms with Crippen molar-refractivity contribution in [2.24, 2.45) is 10.7 Å². The zero-order valence-electron chi connectivity index (χ0n) is 11.9. The molecule has 5 N–H and O–H groups in total. The molecule has 1 aliphatic rings. The molecule has 1 aliphatic heterocycles. The van der Waals surface area contributed by atoms with Crippen molar-refractivity contribution in [1.29, 1.82) is 0 Å². The largest absolute Gasteiger partial charge is 0.495 e. The van der Waals surface area contributed by atoms with E-state index in [-0.39, 0.29) is 0 Å². The van der Waals surface area contributed by atoms with Crippen LogP contribution in [0.15, 0.2) is 23.2 Å². The van der Waals surface area contributed by atoms with Gasteiger partial charge in [-0.2, -0.15) is 0 Å². The first-order valence-corrected chi connectivity index (χ1v) is 6.92. The summed E-state index contributed by atoms with van der Waals surface area (Å²) < 4.78 is 5.41. The highest BCUT2D eigenvalue weighted by atomic mass is 16.5. The number of hydrogen-bond acceptors (Lipinski definition) is 5. The van der Waals surface area contributed by atoms with E-state index in [1.165, 1.54) is 6.34 Å². The van der Waals surface area contributed by atoms with Gasteiger partial charge in [-0.25, -0.2) is 0 Å². The first-order valence-electron chi connectivity index (χ1n) is 6.92. The number of nitrogens with one attached hydrogen (secondary N) is 3. The number of piperidine rings is 1. The van der Waals surface area contributed by atoms with E-state index in [0.717, 1.165) is 43.1 Å². The summed E-state index contributed by atoms with van der Waals surface area (Å²) in [6, 6.07) is 6.59. The van der Waals surface area contributed by atoms with Crippen LogP contribution in [0.1, 0.15) is 12.8 Å². The molecule has 20 heavy (non-hydrogen) atoms. The van der Waals surface area contributed by atoms with Gasteiger partial charge in [0.1, 0.15) is 12.4 Å². The van der Waals surface area contributed by atoms with E-state index in [4.69, 9.17) is 10.5 Å². The van der Waals surface area contributed by atoms with E-state index in [2.05, 4.69) is 27.0 Å². The van der Waals surface area contributed by atoms with Crippen LogP contribution in [0.3, 0.4) is 0 Å². The zero-order chi connectivity index (χ0) is 14.2. The number of anilines is 2. The quantitative estimate of drug-likeness (QED) is 0.464. The Morgan fingerprint density at radius 2 is 2.25 bits per heavy atom. The molecule has 2 rings (SSSR count). The summed E-state index contributed by atoms with van der Waals surface area (Å²) in [5, 5.41) is 10.1. The fourth-order valence-corrected chi connectivity index (χ4v) is 2.31. The molecule has 1 heterocycles. The van der Waals surface area contributed by atoms with Crippen LogP contribution in [0, 0.1) is 0 Å². The van der Waals surface area contributed by atoms with Crippen LogP contribution in [-0.2, 0) is 0 Å². The SMILES string of the molecule is COc1cc(NC2CCNCC2)ccc1NC/N=C/N. The summed E-state index contributed by atoms with van der Waals surface area (Å²) in [7, 11) is 1.67. The summed E-state index contributed by atoms with van der Waals surface area (Å²) in [4.78, 5) is 3.92. The average molecular weight is 277 g/mol. The molecule has 0 aromatic heterocycles. The van der Waals surface area contributed by atoms with Gasteiger partial charge in [-0.05, 0) is 38.1 Å². The first-order chi connectivity index (χ1) is 9.83. The summed E-state index contributed by atoms with van der Waals surface area (Å²) in [6.07, 6.45) is 3.58. The highest BCUT2D eigenvalue weighted by Crippen LogP contribution is 2.28. The smallest absolute Gasteiger partial charge is 0.144 e. The Labute approximate surface area is 119 Å². The summed E-state index contributed by atoms with van der Waals surface area (Å²) >= 11 is 0. The zero-order valence-corrected chi connectivity index (χ0v) is 11.9. The van der Waals surface area contributed by atoms with Crippen molar-refractivity contribution >= 4 is 17.7 Å². The molecule has 1 saturated heterocycles. The number of hydrogen-bond donors (Lipinski definition) is 4. The third kappa shape index (κ3) is 4.03. The fourth-order valence-electron chi connectivity index (χ4n) is 2.31. The van der Waals surface area contributed by atoms with Crippen molar-refractivity contribution in [2.45, 2.75) is 18.9 Å². The number of benzene rings is 1. The second-order valence-corrected chi connectivity index (χ2v) is 4.75. The van der Waals surface area contributed by atoms with E-state index in [1.54, 1.807) is 7.11 Å². The van der Waals surface area contributed by atoms with Crippen molar-refractivity contribution in [3.05, 3.63) is 18.2 Å². The van der Waals surface area contributed by atoms with Gasteiger partial charge in [0.2, 0.25) is 0 Å². The van der Waals surface area contributed by atoms with Crippen LogP contribution in [-0.4, -0.2) is 39.2 Å². The van der Waals surface area contributed by atoms with Gasteiger partial charge in [0.15, 0.2) is 0 Å². The number of ether oxygens (including phenoxy) is 1. The molecular weight excluding hydrogens is 254 g/mol. The average Bonchev–Trinajstić information content (AvgIpc) is 2.50. The molecule has 110 valence electrons. The maximum absolute atomic E-state index is 5.41. The van der Waals surface area contributed by atoms with Gasteiger partial charge in [0.25, 0.3) is 0 Å². The van der Waals surface area contributed by atoms with E-state index in [0.29, 0.717) is 12.7 Å². The molecule has 1 fully saturated rings.